The van der Waals surface area contributed by atoms with Crippen molar-refractivity contribution in [3.05, 3.63) is 29.8 Å². The smallest absolute Gasteiger partial charge is 0.0366 e. The molecule has 2 saturated carbocycles. The maximum atomic E-state index is 2.77. The maximum absolute atomic E-state index is 2.77. The molecule has 2 unspecified atom stereocenters. The van der Waals surface area contributed by atoms with Gasteiger partial charge in [0.25, 0.3) is 0 Å². The van der Waals surface area contributed by atoms with Crippen LogP contribution in [-0.4, -0.2) is 61.2 Å². The van der Waals surface area contributed by atoms with Crippen molar-refractivity contribution in [2.75, 3.05) is 44.2 Å². The van der Waals surface area contributed by atoms with Crippen LogP contribution in [0.25, 0.3) is 0 Å². The molecule has 24 heavy (non-hydrogen) atoms. The summed E-state index contributed by atoms with van der Waals surface area (Å²) in [6.45, 7) is 7.70. The lowest BCUT2D eigenvalue weighted by Crippen LogP contribution is -2.52. The average Bonchev–Trinajstić information content (AvgIpc) is 3.19. The summed E-state index contributed by atoms with van der Waals surface area (Å²) in [5.41, 5.74) is 3.01. The fourth-order valence-corrected chi connectivity index (χ4v) is 5.04. The fraction of sp³-hybridized carbons (Fsp3) is 0.714. The molecule has 2 aliphatic carbocycles. The number of piperazine rings is 1. The first-order chi connectivity index (χ1) is 11.9. The van der Waals surface area contributed by atoms with E-state index in [0.717, 1.165) is 18.0 Å². The van der Waals surface area contributed by atoms with Gasteiger partial charge in [0.1, 0.15) is 0 Å². The summed E-state index contributed by atoms with van der Waals surface area (Å²) in [6, 6.07) is 11.3. The number of nitrogens with zero attached hydrogens (tertiary/aromatic N) is 3. The Hall–Kier alpha value is -1.06. The molecule has 4 aliphatic rings. The summed E-state index contributed by atoms with van der Waals surface area (Å²) in [5.74, 6) is 0.799. The molecule has 130 valence electrons. The Morgan fingerprint density at radius 3 is 2.00 bits per heavy atom. The first kappa shape index (κ1) is 15.2. The SMILES string of the molecule is c1cc(N2CCCC2)ccc1C1CC1N1CCN(C2CCC2)CC1. The van der Waals surface area contributed by atoms with E-state index in [2.05, 4.69) is 39.0 Å². The molecule has 2 saturated heterocycles. The predicted molar refractivity (Wildman–Crippen MR) is 99.8 cm³/mol. The summed E-state index contributed by atoms with van der Waals surface area (Å²) in [4.78, 5) is 8.06. The molecule has 2 heterocycles. The van der Waals surface area contributed by atoms with Crippen LogP contribution in [0.5, 0.6) is 0 Å². The van der Waals surface area contributed by atoms with Crippen LogP contribution in [0.15, 0.2) is 24.3 Å². The molecule has 1 aromatic rings. The molecular formula is C21H31N3. The Balaban J connectivity index is 1.15. The zero-order chi connectivity index (χ0) is 15.9. The Kier molecular flexibility index (Phi) is 4.02. The van der Waals surface area contributed by atoms with Gasteiger partial charge in [-0.1, -0.05) is 18.6 Å². The molecule has 3 heteroatoms. The van der Waals surface area contributed by atoms with Gasteiger partial charge in [-0.25, -0.2) is 0 Å². The lowest BCUT2D eigenvalue weighted by Gasteiger charge is -2.43. The van der Waals surface area contributed by atoms with E-state index >= 15 is 0 Å². The first-order valence-electron chi connectivity index (χ1n) is 10.2. The van der Waals surface area contributed by atoms with Gasteiger partial charge in [0.15, 0.2) is 0 Å². The second kappa shape index (κ2) is 6.34. The van der Waals surface area contributed by atoms with Crippen LogP contribution in [0.4, 0.5) is 5.69 Å². The van der Waals surface area contributed by atoms with E-state index in [-0.39, 0.29) is 0 Å². The van der Waals surface area contributed by atoms with Crippen molar-refractivity contribution in [3.8, 4) is 0 Å². The molecule has 2 atom stereocenters. The van der Waals surface area contributed by atoms with Gasteiger partial charge in [-0.2, -0.15) is 0 Å². The van der Waals surface area contributed by atoms with Crippen molar-refractivity contribution in [2.24, 2.45) is 0 Å². The number of hydrogen-bond acceptors (Lipinski definition) is 3. The van der Waals surface area contributed by atoms with Crippen molar-refractivity contribution in [2.45, 2.75) is 56.5 Å². The summed E-state index contributed by atoms with van der Waals surface area (Å²) >= 11 is 0. The van der Waals surface area contributed by atoms with Gasteiger partial charge in [-0.15, -0.1) is 0 Å². The van der Waals surface area contributed by atoms with Crippen LogP contribution in [0.2, 0.25) is 0 Å². The van der Waals surface area contributed by atoms with Gasteiger partial charge < -0.3 is 4.90 Å². The second-order valence-electron chi connectivity index (χ2n) is 8.35. The van der Waals surface area contributed by atoms with Crippen molar-refractivity contribution >= 4 is 5.69 Å². The van der Waals surface area contributed by atoms with Gasteiger partial charge in [-0.05, 0) is 49.8 Å². The molecule has 3 nitrogen and oxygen atoms in total. The predicted octanol–water partition coefficient (Wildman–Crippen LogP) is 3.31. The number of anilines is 1. The molecular weight excluding hydrogens is 294 g/mol. The van der Waals surface area contributed by atoms with Gasteiger partial charge in [0, 0.05) is 63.0 Å². The van der Waals surface area contributed by atoms with Gasteiger partial charge in [-0.3, -0.25) is 9.80 Å². The van der Waals surface area contributed by atoms with Gasteiger partial charge in [0.2, 0.25) is 0 Å². The summed E-state index contributed by atoms with van der Waals surface area (Å²) in [5, 5.41) is 0. The van der Waals surface area contributed by atoms with Crippen LogP contribution in [-0.2, 0) is 0 Å². The molecule has 0 amide bonds. The van der Waals surface area contributed by atoms with E-state index in [1.807, 2.05) is 0 Å². The van der Waals surface area contributed by atoms with Gasteiger partial charge in [0.05, 0.1) is 0 Å². The summed E-state index contributed by atoms with van der Waals surface area (Å²) < 4.78 is 0. The highest BCUT2D eigenvalue weighted by Gasteiger charge is 2.43. The highest BCUT2D eigenvalue weighted by molar-refractivity contribution is 5.49. The van der Waals surface area contributed by atoms with Crippen LogP contribution >= 0.6 is 0 Å². The minimum absolute atomic E-state index is 0.799. The quantitative estimate of drug-likeness (QED) is 0.841. The summed E-state index contributed by atoms with van der Waals surface area (Å²) in [6.07, 6.45) is 8.47. The van der Waals surface area contributed by atoms with E-state index < -0.39 is 0 Å². The lowest BCUT2D eigenvalue weighted by molar-refractivity contribution is 0.0577. The molecule has 0 spiro atoms. The van der Waals surface area contributed by atoms with Crippen LogP contribution < -0.4 is 4.90 Å². The number of benzene rings is 1. The van der Waals surface area contributed by atoms with Crippen molar-refractivity contribution in [1.29, 1.82) is 0 Å². The molecule has 4 fully saturated rings. The minimum Gasteiger partial charge on any atom is -0.372 e. The minimum atomic E-state index is 0.799. The highest BCUT2D eigenvalue weighted by Crippen LogP contribution is 2.45. The van der Waals surface area contributed by atoms with Crippen molar-refractivity contribution < 1.29 is 0 Å². The Morgan fingerprint density at radius 2 is 1.38 bits per heavy atom. The monoisotopic (exact) mass is 325 g/mol. The Labute approximate surface area is 146 Å². The molecule has 5 rings (SSSR count). The molecule has 0 N–H and O–H groups in total. The largest absolute Gasteiger partial charge is 0.372 e. The molecule has 2 aliphatic heterocycles. The van der Waals surface area contributed by atoms with Gasteiger partial charge >= 0.3 is 0 Å². The highest BCUT2D eigenvalue weighted by atomic mass is 15.3. The van der Waals surface area contributed by atoms with E-state index in [1.165, 1.54) is 83.5 Å². The Morgan fingerprint density at radius 1 is 0.708 bits per heavy atom. The Bertz CT molecular complexity index is 551. The van der Waals surface area contributed by atoms with E-state index in [4.69, 9.17) is 0 Å². The average molecular weight is 326 g/mol. The normalized spacial score (nSPS) is 32.1. The van der Waals surface area contributed by atoms with Crippen LogP contribution in [0, 0.1) is 0 Å². The van der Waals surface area contributed by atoms with E-state index in [1.54, 1.807) is 5.56 Å². The fourth-order valence-electron chi connectivity index (χ4n) is 5.04. The van der Waals surface area contributed by atoms with Crippen molar-refractivity contribution in [1.82, 2.24) is 9.80 Å². The van der Waals surface area contributed by atoms with Crippen LogP contribution in [0.3, 0.4) is 0 Å². The summed E-state index contributed by atoms with van der Waals surface area (Å²) in [7, 11) is 0. The number of hydrogen-bond donors (Lipinski definition) is 0. The molecule has 0 bridgehead atoms. The lowest BCUT2D eigenvalue weighted by atomic mass is 9.91. The molecule has 0 aromatic heterocycles. The second-order valence-corrected chi connectivity index (χ2v) is 8.35. The zero-order valence-electron chi connectivity index (χ0n) is 14.9. The molecule has 0 radical (unpaired) electrons. The van der Waals surface area contributed by atoms with Crippen LogP contribution in [0.1, 0.15) is 50.0 Å². The third-order valence-corrected chi connectivity index (χ3v) is 6.96. The standard InChI is InChI=1S/C21H31N3/c1-2-11-22(10-1)19-8-6-17(7-9-19)20-16-21(20)24-14-12-23(13-15-24)18-4-3-5-18/h6-9,18,20-21H,1-5,10-16H2. The molecule has 1 aromatic carbocycles. The van der Waals surface area contributed by atoms with Crippen molar-refractivity contribution in [3.63, 3.8) is 0 Å². The topological polar surface area (TPSA) is 9.72 Å². The van der Waals surface area contributed by atoms with E-state index in [9.17, 15) is 0 Å². The third kappa shape index (κ3) is 2.86. The third-order valence-electron chi connectivity index (χ3n) is 6.96. The zero-order valence-corrected chi connectivity index (χ0v) is 14.9. The maximum Gasteiger partial charge on any atom is 0.0366 e. The first-order valence-corrected chi connectivity index (χ1v) is 10.2. The van der Waals surface area contributed by atoms with E-state index in [0.29, 0.717) is 0 Å². The number of rotatable bonds is 4.